The van der Waals surface area contributed by atoms with Crippen molar-refractivity contribution in [1.29, 1.82) is 0 Å². The van der Waals surface area contributed by atoms with E-state index in [0.29, 0.717) is 4.88 Å². The molecule has 0 N–H and O–H groups in total. The van der Waals surface area contributed by atoms with Gasteiger partial charge in [0.05, 0.1) is 12.0 Å². The first-order valence-corrected chi connectivity index (χ1v) is 4.61. The zero-order valence-corrected chi connectivity index (χ0v) is 8.31. The number of ketones is 1. The normalized spacial score (nSPS) is 9.69. The summed E-state index contributed by atoms with van der Waals surface area (Å²) in [5, 5.41) is 0. The molecule has 0 saturated heterocycles. The summed E-state index contributed by atoms with van der Waals surface area (Å²) < 4.78 is 4.39. The number of carbonyl (C=O) groups is 2. The largest absolute Gasteiger partial charge is 0.469 e. The molecule has 1 rings (SSSR count). The Hall–Kier alpha value is -1.16. The second-order valence-electron chi connectivity index (χ2n) is 2.59. The third-order valence-corrected chi connectivity index (χ3v) is 2.59. The van der Waals surface area contributed by atoms with Gasteiger partial charge >= 0.3 is 5.97 Å². The van der Waals surface area contributed by atoms with Crippen molar-refractivity contribution in [2.24, 2.45) is 0 Å². The molecule has 0 aromatic carbocycles. The smallest absolute Gasteiger partial charge is 0.313 e. The van der Waals surface area contributed by atoms with Crippen LogP contribution in [0.15, 0.2) is 12.1 Å². The molecule has 0 aliphatic rings. The molecular formula is C9H10O3S. The van der Waals surface area contributed by atoms with Crippen LogP contribution in [0.5, 0.6) is 0 Å². The molecule has 0 saturated carbocycles. The molecule has 3 nitrogen and oxygen atoms in total. The number of esters is 1. The fourth-order valence-corrected chi connectivity index (χ4v) is 1.68. The minimum atomic E-state index is -0.490. The van der Waals surface area contributed by atoms with Gasteiger partial charge in [0.1, 0.15) is 6.42 Å². The molecule has 0 atom stereocenters. The Labute approximate surface area is 80.3 Å². The maximum atomic E-state index is 11.3. The standard InChI is InChI=1S/C9H10O3S/c1-6-3-4-8(13-6)7(10)5-9(11)12-2/h3-4H,5H2,1-2H3. The summed E-state index contributed by atoms with van der Waals surface area (Å²) in [4.78, 5) is 23.8. The van der Waals surface area contributed by atoms with Gasteiger partial charge in [-0.25, -0.2) is 0 Å². The van der Waals surface area contributed by atoms with Crippen molar-refractivity contribution in [1.82, 2.24) is 0 Å². The third-order valence-electron chi connectivity index (χ3n) is 1.55. The molecule has 1 aromatic heterocycles. The molecular weight excluding hydrogens is 188 g/mol. The van der Waals surface area contributed by atoms with Gasteiger partial charge in [0.15, 0.2) is 5.78 Å². The maximum absolute atomic E-state index is 11.3. The number of Topliss-reactive ketones (excluding diaryl/α,β-unsaturated/α-hetero) is 1. The number of methoxy groups -OCH3 is 1. The summed E-state index contributed by atoms with van der Waals surface area (Å²) in [6.45, 7) is 1.92. The SMILES string of the molecule is COC(=O)CC(=O)c1ccc(C)s1. The van der Waals surface area contributed by atoms with Gasteiger partial charge in [-0.3, -0.25) is 9.59 Å². The number of ether oxygens (including phenoxy) is 1. The van der Waals surface area contributed by atoms with Crippen molar-refractivity contribution in [3.8, 4) is 0 Å². The third kappa shape index (κ3) is 2.66. The van der Waals surface area contributed by atoms with Crippen LogP contribution < -0.4 is 0 Å². The highest BCUT2D eigenvalue weighted by atomic mass is 32.1. The highest BCUT2D eigenvalue weighted by Crippen LogP contribution is 2.16. The summed E-state index contributed by atoms with van der Waals surface area (Å²) in [5.74, 6) is -0.666. The van der Waals surface area contributed by atoms with E-state index >= 15 is 0 Å². The van der Waals surface area contributed by atoms with Crippen molar-refractivity contribution in [2.45, 2.75) is 13.3 Å². The van der Waals surface area contributed by atoms with Gasteiger partial charge in [-0.1, -0.05) is 0 Å². The van der Waals surface area contributed by atoms with Crippen LogP contribution in [0.2, 0.25) is 0 Å². The molecule has 13 heavy (non-hydrogen) atoms. The highest BCUT2D eigenvalue weighted by molar-refractivity contribution is 7.14. The van der Waals surface area contributed by atoms with Crippen LogP contribution >= 0.6 is 11.3 Å². The topological polar surface area (TPSA) is 43.4 Å². The number of hydrogen-bond donors (Lipinski definition) is 0. The fourth-order valence-electron chi connectivity index (χ4n) is 0.875. The number of carbonyl (C=O) groups excluding carboxylic acids is 2. The molecule has 0 unspecified atom stereocenters. The minimum Gasteiger partial charge on any atom is -0.469 e. The van der Waals surface area contributed by atoms with E-state index in [4.69, 9.17) is 0 Å². The first kappa shape index (κ1) is 9.92. The van der Waals surface area contributed by atoms with E-state index in [-0.39, 0.29) is 12.2 Å². The van der Waals surface area contributed by atoms with Crippen molar-refractivity contribution in [2.75, 3.05) is 7.11 Å². The van der Waals surface area contributed by atoms with E-state index in [1.807, 2.05) is 13.0 Å². The van der Waals surface area contributed by atoms with E-state index in [1.54, 1.807) is 6.07 Å². The summed E-state index contributed by atoms with van der Waals surface area (Å²) in [6.07, 6.45) is -0.170. The quantitative estimate of drug-likeness (QED) is 0.422. The van der Waals surface area contributed by atoms with Gasteiger partial charge in [-0.05, 0) is 19.1 Å². The van der Waals surface area contributed by atoms with Gasteiger partial charge in [-0.2, -0.15) is 0 Å². The molecule has 0 amide bonds. The Kier molecular flexibility index (Phi) is 3.19. The van der Waals surface area contributed by atoms with E-state index in [0.717, 1.165) is 4.88 Å². The van der Waals surface area contributed by atoms with Crippen LogP contribution in [-0.4, -0.2) is 18.9 Å². The van der Waals surface area contributed by atoms with Crippen LogP contribution in [0.4, 0.5) is 0 Å². The highest BCUT2D eigenvalue weighted by Gasteiger charge is 2.13. The second-order valence-corrected chi connectivity index (χ2v) is 3.87. The zero-order valence-electron chi connectivity index (χ0n) is 7.49. The lowest BCUT2D eigenvalue weighted by Crippen LogP contribution is -2.07. The number of rotatable bonds is 3. The molecule has 0 bridgehead atoms. The monoisotopic (exact) mass is 198 g/mol. The first-order valence-electron chi connectivity index (χ1n) is 3.80. The summed E-state index contributed by atoms with van der Waals surface area (Å²) >= 11 is 1.39. The van der Waals surface area contributed by atoms with Crippen LogP contribution in [0, 0.1) is 6.92 Å². The number of thiophene rings is 1. The summed E-state index contributed by atoms with van der Waals surface area (Å²) in [7, 11) is 1.27. The van der Waals surface area contributed by atoms with E-state index in [1.165, 1.54) is 18.4 Å². The predicted octanol–water partition coefficient (Wildman–Crippen LogP) is 1.80. The minimum absolute atomic E-state index is 0.170. The van der Waals surface area contributed by atoms with Gasteiger partial charge in [0.2, 0.25) is 0 Å². The number of aryl methyl sites for hydroxylation is 1. The predicted molar refractivity (Wildman–Crippen MR) is 50.0 cm³/mol. The zero-order chi connectivity index (χ0) is 9.84. The molecule has 1 aromatic rings. The van der Waals surface area contributed by atoms with Crippen molar-refractivity contribution >= 4 is 23.1 Å². The Morgan fingerprint density at radius 1 is 1.46 bits per heavy atom. The lowest BCUT2D eigenvalue weighted by molar-refractivity contribution is -0.139. The molecule has 0 aliphatic carbocycles. The summed E-state index contributed by atoms with van der Waals surface area (Å²) in [5.41, 5.74) is 0. The van der Waals surface area contributed by atoms with Crippen LogP contribution in [0.25, 0.3) is 0 Å². The lowest BCUT2D eigenvalue weighted by atomic mass is 10.2. The van der Waals surface area contributed by atoms with Gasteiger partial charge in [-0.15, -0.1) is 11.3 Å². The molecule has 0 radical (unpaired) electrons. The van der Waals surface area contributed by atoms with Gasteiger partial charge in [0.25, 0.3) is 0 Å². The van der Waals surface area contributed by atoms with Crippen molar-refractivity contribution in [3.63, 3.8) is 0 Å². The van der Waals surface area contributed by atoms with Gasteiger partial charge < -0.3 is 4.74 Å². The average molecular weight is 198 g/mol. The molecule has 0 aliphatic heterocycles. The van der Waals surface area contributed by atoms with E-state index in [9.17, 15) is 9.59 Å². The Balaban J connectivity index is 2.64. The maximum Gasteiger partial charge on any atom is 0.313 e. The molecule has 4 heteroatoms. The number of hydrogen-bond acceptors (Lipinski definition) is 4. The fraction of sp³-hybridized carbons (Fsp3) is 0.333. The Morgan fingerprint density at radius 3 is 2.62 bits per heavy atom. The molecule has 0 fully saturated rings. The Bertz CT molecular complexity index is 327. The van der Waals surface area contributed by atoms with Crippen molar-refractivity contribution < 1.29 is 14.3 Å². The van der Waals surface area contributed by atoms with Crippen molar-refractivity contribution in [3.05, 3.63) is 21.9 Å². The van der Waals surface area contributed by atoms with E-state index in [2.05, 4.69) is 4.74 Å². The molecule has 1 heterocycles. The van der Waals surface area contributed by atoms with Gasteiger partial charge in [0, 0.05) is 4.88 Å². The molecule has 70 valence electrons. The van der Waals surface area contributed by atoms with Crippen LogP contribution in [-0.2, 0) is 9.53 Å². The van der Waals surface area contributed by atoms with Crippen LogP contribution in [0.1, 0.15) is 21.0 Å². The average Bonchev–Trinajstić information content (AvgIpc) is 2.51. The Morgan fingerprint density at radius 2 is 2.15 bits per heavy atom. The molecule has 0 spiro atoms. The lowest BCUT2D eigenvalue weighted by Gasteiger charge is -1.95. The van der Waals surface area contributed by atoms with Crippen LogP contribution in [0.3, 0.4) is 0 Å². The first-order chi connectivity index (χ1) is 6.13. The second kappa shape index (κ2) is 4.18. The summed E-state index contributed by atoms with van der Waals surface area (Å²) in [6, 6.07) is 3.58. The van der Waals surface area contributed by atoms with E-state index < -0.39 is 5.97 Å².